The third-order valence-electron chi connectivity index (χ3n) is 1.85. The Morgan fingerprint density at radius 1 is 1.35 bits per heavy atom. The van der Waals surface area contributed by atoms with Crippen molar-refractivity contribution in [2.24, 2.45) is 4.40 Å². The van der Waals surface area contributed by atoms with Crippen LogP contribution in [0.1, 0.15) is 26.3 Å². The summed E-state index contributed by atoms with van der Waals surface area (Å²) in [5, 5.41) is 0. The summed E-state index contributed by atoms with van der Waals surface area (Å²) < 4.78 is 41.3. The molecule has 0 saturated carbocycles. The number of nitrogens with zero attached hydrogens (tertiary/aromatic N) is 1. The van der Waals surface area contributed by atoms with Crippen LogP contribution in [0.5, 0.6) is 0 Å². The van der Waals surface area contributed by atoms with Gasteiger partial charge in [-0.3, -0.25) is 0 Å². The summed E-state index contributed by atoms with van der Waals surface area (Å²) in [6, 6.07) is 1.89. The van der Waals surface area contributed by atoms with Crippen LogP contribution < -0.4 is 0 Å². The molecule has 1 atom stereocenters. The van der Waals surface area contributed by atoms with Gasteiger partial charge in [-0.15, -0.1) is 0 Å². The average Bonchev–Trinajstić information content (AvgIpc) is 2.13. The summed E-state index contributed by atoms with van der Waals surface area (Å²) in [6.07, 6.45) is 1.15. The van der Waals surface area contributed by atoms with Gasteiger partial charge in [-0.1, -0.05) is 0 Å². The minimum Gasteiger partial charge on any atom is -0.234 e. The largest absolute Gasteiger partial charge is 0.234 e. The molecule has 0 amide bonds. The monoisotopic (exact) mass is 323 g/mol. The lowest BCUT2D eigenvalue weighted by Gasteiger charge is -2.12. The number of hydrogen-bond donors (Lipinski definition) is 0. The molecule has 0 aromatic heterocycles. The van der Waals surface area contributed by atoms with Crippen molar-refractivity contribution < 1.29 is 13.0 Å². The van der Waals surface area contributed by atoms with E-state index in [2.05, 4.69) is 20.3 Å². The molecule has 0 fully saturated rings. The first-order valence-electron chi connectivity index (χ1n) is 4.82. The Balaban J connectivity index is 3.05. The summed E-state index contributed by atoms with van der Waals surface area (Å²) in [7, 11) is -1.47. The Morgan fingerprint density at radius 3 is 2.41 bits per heavy atom. The minimum atomic E-state index is -1.47. The molecule has 0 aliphatic heterocycles. The molecular weight excluding hydrogens is 312 g/mol. The standard InChI is InChI=1S/C11H12BrF2NOS/c1-11(2,3)17(16)15-6-8-9(12)4-7(13)5-10(8)14/h4-6H,1-3H3/b15-6+/t17-/m0/s1. The topological polar surface area (TPSA) is 29.4 Å². The first kappa shape index (κ1) is 14.4. The molecule has 0 spiro atoms. The second-order valence-electron chi connectivity index (χ2n) is 4.38. The van der Waals surface area contributed by atoms with Gasteiger partial charge in [0.05, 0.1) is 4.75 Å². The lowest BCUT2D eigenvalue weighted by atomic mass is 10.2. The minimum absolute atomic E-state index is 0.0870. The second kappa shape index (κ2) is 5.35. The zero-order valence-electron chi connectivity index (χ0n) is 9.63. The van der Waals surface area contributed by atoms with Gasteiger partial charge in [0.1, 0.15) is 22.6 Å². The lowest BCUT2D eigenvalue weighted by molar-refractivity contribution is 0.580. The Kier molecular flexibility index (Phi) is 4.55. The van der Waals surface area contributed by atoms with Gasteiger partial charge in [-0.25, -0.2) is 13.0 Å². The summed E-state index contributed by atoms with van der Waals surface area (Å²) in [4.78, 5) is 0. The van der Waals surface area contributed by atoms with E-state index < -0.39 is 27.4 Å². The lowest BCUT2D eigenvalue weighted by Crippen LogP contribution is -2.19. The molecule has 0 radical (unpaired) electrons. The van der Waals surface area contributed by atoms with E-state index in [9.17, 15) is 13.0 Å². The predicted molar refractivity (Wildman–Crippen MR) is 69.5 cm³/mol. The highest BCUT2D eigenvalue weighted by molar-refractivity contribution is 9.10. The molecule has 0 saturated heterocycles. The van der Waals surface area contributed by atoms with Gasteiger partial charge < -0.3 is 0 Å². The van der Waals surface area contributed by atoms with E-state index in [1.807, 2.05) is 0 Å². The van der Waals surface area contributed by atoms with Crippen LogP contribution in [0, 0.1) is 11.6 Å². The zero-order chi connectivity index (χ0) is 13.2. The molecular formula is C11H12BrF2NOS. The van der Waals surface area contributed by atoms with E-state index in [1.165, 1.54) is 0 Å². The smallest absolute Gasteiger partial charge is 0.144 e. The van der Waals surface area contributed by atoms with E-state index in [-0.39, 0.29) is 10.0 Å². The molecule has 1 aromatic carbocycles. The van der Waals surface area contributed by atoms with Gasteiger partial charge in [0.25, 0.3) is 0 Å². The molecule has 6 heteroatoms. The highest BCUT2D eigenvalue weighted by Gasteiger charge is 2.18. The number of benzene rings is 1. The second-order valence-corrected chi connectivity index (χ2v) is 7.17. The quantitative estimate of drug-likeness (QED) is 0.764. The molecule has 2 nitrogen and oxygen atoms in total. The first-order chi connectivity index (χ1) is 7.71. The molecule has 0 bridgehead atoms. The third kappa shape index (κ3) is 3.96. The van der Waals surface area contributed by atoms with Crippen molar-refractivity contribution in [2.75, 3.05) is 0 Å². The molecule has 94 valence electrons. The van der Waals surface area contributed by atoms with Crippen molar-refractivity contribution in [3.63, 3.8) is 0 Å². The SMILES string of the molecule is CC(C)(C)[S@](=O)/N=C/c1c(F)cc(F)cc1Br. The van der Waals surface area contributed by atoms with Gasteiger partial charge in [-0.2, -0.15) is 4.40 Å². The Morgan fingerprint density at radius 2 is 1.94 bits per heavy atom. The van der Waals surface area contributed by atoms with Gasteiger partial charge in [-0.05, 0) is 42.8 Å². The molecule has 17 heavy (non-hydrogen) atoms. The van der Waals surface area contributed by atoms with Crippen molar-refractivity contribution in [2.45, 2.75) is 25.5 Å². The van der Waals surface area contributed by atoms with Crippen LogP contribution in [0.4, 0.5) is 8.78 Å². The summed E-state index contributed by atoms with van der Waals surface area (Å²) in [5.41, 5.74) is 0.0870. The van der Waals surface area contributed by atoms with E-state index >= 15 is 0 Å². The average molecular weight is 324 g/mol. The van der Waals surface area contributed by atoms with Crippen molar-refractivity contribution in [3.8, 4) is 0 Å². The van der Waals surface area contributed by atoms with Crippen molar-refractivity contribution in [1.29, 1.82) is 0 Å². The van der Waals surface area contributed by atoms with E-state index in [4.69, 9.17) is 0 Å². The van der Waals surface area contributed by atoms with Crippen molar-refractivity contribution in [3.05, 3.63) is 33.8 Å². The Hall–Kier alpha value is -0.620. The Bertz CT molecular complexity index is 460. The van der Waals surface area contributed by atoms with Gasteiger partial charge in [0.15, 0.2) is 0 Å². The van der Waals surface area contributed by atoms with Crippen molar-refractivity contribution in [1.82, 2.24) is 0 Å². The highest BCUT2D eigenvalue weighted by Crippen LogP contribution is 2.20. The van der Waals surface area contributed by atoms with E-state index in [0.29, 0.717) is 0 Å². The fraction of sp³-hybridized carbons (Fsp3) is 0.364. The third-order valence-corrected chi connectivity index (χ3v) is 3.85. The predicted octanol–water partition coefficient (Wildman–Crippen LogP) is 3.61. The normalized spacial score (nSPS) is 14.2. The van der Waals surface area contributed by atoms with Gasteiger partial charge in [0, 0.05) is 22.3 Å². The maximum atomic E-state index is 13.4. The fourth-order valence-corrected chi connectivity index (χ4v) is 1.96. The van der Waals surface area contributed by atoms with E-state index in [0.717, 1.165) is 18.3 Å². The maximum Gasteiger partial charge on any atom is 0.144 e. The van der Waals surface area contributed by atoms with Crippen molar-refractivity contribution >= 4 is 33.1 Å². The van der Waals surface area contributed by atoms with Crippen LogP contribution in [0.25, 0.3) is 0 Å². The Labute approximate surface area is 110 Å². The summed E-state index contributed by atoms with van der Waals surface area (Å²) in [6.45, 7) is 5.28. The van der Waals surface area contributed by atoms with Crippen LogP contribution in [-0.4, -0.2) is 15.2 Å². The van der Waals surface area contributed by atoms with Crippen LogP contribution in [0.2, 0.25) is 0 Å². The molecule has 0 aliphatic rings. The molecule has 0 heterocycles. The first-order valence-corrected chi connectivity index (χ1v) is 6.72. The van der Waals surface area contributed by atoms with Crippen LogP contribution in [0.15, 0.2) is 21.0 Å². The highest BCUT2D eigenvalue weighted by atomic mass is 79.9. The number of rotatable bonds is 2. The molecule has 0 N–H and O–H groups in total. The van der Waals surface area contributed by atoms with Crippen LogP contribution in [-0.2, 0) is 11.0 Å². The van der Waals surface area contributed by atoms with Crippen LogP contribution >= 0.6 is 15.9 Å². The van der Waals surface area contributed by atoms with Crippen LogP contribution in [0.3, 0.4) is 0 Å². The summed E-state index contributed by atoms with van der Waals surface area (Å²) >= 11 is 3.03. The van der Waals surface area contributed by atoms with Gasteiger partial charge in [0.2, 0.25) is 0 Å². The zero-order valence-corrected chi connectivity index (χ0v) is 12.0. The maximum absolute atomic E-state index is 13.4. The fourth-order valence-electron chi connectivity index (χ4n) is 0.935. The van der Waals surface area contributed by atoms with Gasteiger partial charge >= 0.3 is 0 Å². The van der Waals surface area contributed by atoms with E-state index in [1.54, 1.807) is 20.8 Å². The number of halogens is 3. The molecule has 0 aliphatic carbocycles. The summed E-state index contributed by atoms with van der Waals surface area (Å²) in [5.74, 6) is -1.42. The number of hydrogen-bond acceptors (Lipinski definition) is 1. The molecule has 0 unspecified atom stereocenters. The molecule has 1 rings (SSSR count). The molecule has 1 aromatic rings.